The summed E-state index contributed by atoms with van der Waals surface area (Å²) >= 11 is 0. The van der Waals surface area contributed by atoms with E-state index in [4.69, 9.17) is 4.74 Å². The molecule has 0 aromatic heterocycles. The Hall–Kier alpha value is -0.610. The van der Waals surface area contributed by atoms with E-state index >= 15 is 0 Å². The number of rotatable bonds is 4. The highest BCUT2D eigenvalue weighted by molar-refractivity contribution is 5.79. The van der Waals surface area contributed by atoms with Gasteiger partial charge in [-0.3, -0.25) is 9.69 Å². The van der Waals surface area contributed by atoms with Gasteiger partial charge >= 0.3 is 0 Å². The lowest BCUT2D eigenvalue weighted by molar-refractivity contribution is -0.139. The highest BCUT2D eigenvalue weighted by Gasteiger charge is 2.30. The first-order valence-corrected chi connectivity index (χ1v) is 8.42. The van der Waals surface area contributed by atoms with Gasteiger partial charge in [-0.2, -0.15) is 0 Å². The van der Waals surface area contributed by atoms with Crippen LogP contribution in [0.15, 0.2) is 0 Å². The summed E-state index contributed by atoms with van der Waals surface area (Å²) in [5.41, 5.74) is 0. The quantitative estimate of drug-likeness (QED) is 0.788. The predicted octanol–water partition coefficient (Wildman–Crippen LogP) is 1.89. The van der Waals surface area contributed by atoms with E-state index in [1.54, 1.807) is 0 Å². The van der Waals surface area contributed by atoms with E-state index in [-0.39, 0.29) is 0 Å². The Kier molecular flexibility index (Phi) is 4.94. The van der Waals surface area contributed by atoms with E-state index in [9.17, 15) is 4.79 Å². The van der Waals surface area contributed by atoms with Gasteiger partial charge in [-0.15, -0.1) is 0 Å². The van der Waals surface area contributed by atoms with Gasteiger partial charge in [0.1, 0.15) is 0 Å². The molecule has 4 heteroatoms. The van der Waals surface area contributed by atoms with Gasteiger partial charge in [0.15, 0.2) is 0 Å². The molecule has 1 amide bonds. The Morgan fingerprint density at radius 2 is 1.95 bits per heavy atom. The van der Waals surface area contributed by atoms with Crippen molar-refractivity contribution in [3.05, 3.63) is 0 Å². The van der Waals surface area contributed by atoms with Gasteiger partial charge in [0.05, 0.1) is 6.54 Å². The topological polar surface area (TPSA) is 32.8 Å². The molecule has 4 nitrogen and oxygen atoms in total. The van der Waals surface area contributed by atoms with Crippen LogP contribution in [-0.4, -0.2) is 61.1 Å². The number of piperazine rings is 1. The van der Waals surface area contributed by atoms with E-state index in [0.717, 1.165) is 38.8 Å². The second kappa shape index (κ2) is 6.90. The van der Waals surface area contributed by atoms with Crippen LogP contribution >= 0.6 is 0 Å². The summed E-state index contributed by atoms with van der Waals surface area (Å²) in [6.45, 7) is 5.58. The second-order valence-corrected chi connectivity index (χ2v) is 6.67. The number of nitrogens with zero attached hydrogens (tertiary/aromatic N) is 2. The highest BCUT2D eigenvalue weighted by Crippen LogP contribution is 2.24. The molecule has 0 aromatic rings. The van der Waals surface area contributed by atoms with Crippen molar-refractivity contribution < 1.29 is 9.53 Å². The van der Waals surface area contributed by atoms with Crippen LogP contribution in [0.2, 0.25) is 0 Å². The summed E-state index contributed by atoms with van der Waals surface area (Å²) in [6.07, 6.45) is 8.82. The van der Waals surface area contributed by atoms with Crippen molar-refractivity contribution in [3.63, 3.8) is 0 Å². The lowest BCUT2D eigenvalue weighted by Gasteiger charge is -2.40. The van der Waals surface area contributed by atoms with E-state index in [0.29, 0.717) is 18.5 Å². The second-order valence-electron chi connectivity index (χ2n) is 6.67. The fourth-order valence-corrected chi connectivity index (χ4v) is 3.88. The molecule has 3 rings (SSSR count). The van der Waals surface area contributed by atoms with Gasteiger partial charge in [-0.25, -0.2) is 0 Å². The van der Waals surface area contributed by atoms with Crippen LogP contribution in [0.25, 0.3) is 0 Å². The van der Waals surface area contributed by atoms with Gasteiger partial charge in [-0.1, -0.05) is 19.3 Å². The first-order valence-electron chi connectivity index (χ1n) is 8.42. The van der Waals surface area contributed by atoms with Gasteiger partial charge in [0, 0.05) is 32.3 Å². The summed E-state index contributed by atoms with van der Waals surface area (Å²) in [5, 5.41) is 0. The SMILES string of the molecule is O=C1CN(CC[C@H]2CCOC2)CCN1C1CCCCC1. The highest BCUT2D eigenvalue weighted by atomic mass is 16.5. The van der Waals surface area contributed by atoms with Gasteiger partial charge in [-0.05, 0) is 38.1 Å². The Labute approximate surface area is 122 Å². The molecule has 114 valence electrons. The molecule has 2 heterocycles. The van der Waals surface area contributed by atoms with Crippen LogP contribution in [-0.2, 0) is 9.53 Å². The van der Waals surface area contributed by atoms with Crippen LogP contribution in [0.1, 0.15) is 44.9 Å². The molecule has 0 N–H and O–H groups in total. The van der Waals surface area contributed by atoms with Gasteiger partial charge in [0.25, 0.3) is 0 Å². The molecular formula is C16H28N2O2. The third-order valence-corrected chi connectivity index (χ3v) is 5.23. The van der Waals surface area contributed by atoms with E-state index in [2.05, 4.69) is 9.80 Å². The monoisotopic (exact) mass is 280 g/mol. The minimum absolute atomic E-state index is 0.367. The Balaban J connectivity index is 1.42. The fraction of sp³-hybridized carbons (Fsp3) is 0.938. The zero-order chi connectivity index (χ0) is 13.8. The van der Waals surface area contributed by atoms with Crippen molar-refractivity contribution in [2.75, 3.05) is 39.4 Å². The predicted molar refractivity (Wildman–Crippen MR) is 78.6 cm³/mol. The number of amides is 1. The van der Waals surface area contributed by atoms with Crippen molar-refractivity contribution in [2.45, 2.75) is 51.0 Å². The Morgan fingerprint density at radius 1 is 1.10 bits per heavy atom. The summed E-state index contributed by atoms with van der Waals surface area (Å²) in [5.74, 6) is 1.09. The maximum absolute atomic E-state index is 12.4. The fourth-order valence-electron chi connectivity index (χ4n) is 3.88. The minimum atomic E-state index is 0.367. The molecule has 1 atom stereocenters. The number of hydrogen-bond donors (Lipinski definition) is 0. The molecule has 0 bridgehead atoms. The molecule has 1 aliphatic carbocycles. The molecule has 20 heavy (non-hydrogen) atoms. The summed E-state index contributed by atoms with van der Waals surface area (Å²) < 4.78 is 5.42. The summed E-state index contributed by atoms with van der Waals surface area (Å²) in [4.78, 5) is 16.9. The van der Waals surface area contributed by atoms with Crippen molar-refractivity contribution >= 4 is 5.91 Å². The van der Waals surface area contributed by atoms with Crippen molar-refractivity contribution in [3.8, 4) is 0 Å². The summed E-state index contributed by atoms with van der Waals surface area (Å²) in [6, 6.07) is 0.543. The molecular weight excluding hydrogens is 252 g/mol. The van der Waals surface area contributed by atoms with Crippen LogP contribution in [0.4, 0.5) is 0 Å². The van der Waals surface area contributed by atoms with Crippen LogP contribution in [0.3, 0.4) is 0 Å². The first-order chi connectivity index (χ1) is 9.83. The normalized spacial score (nSPS) is 30.1. The number of ether oxygens (including phenoxy) is 1. The smallest absolute Gasteiger partial charge is 0.237 e. The zero-order valence-electron chi connectivity index (χ0n) is 12.6. The Morgan fingerprint density at radius 3 is 2.65 bits per heavy atom. The Bertz CT molecular complexity index is 322. The molecule has 0 unspecified atom stereocenters. The van der Waals surface area contributed by atoms with Crippen molar-refractivity contribution in [2.24, 2.45) is 5.92 Å². The lowest BCUT2D eigenvalue weighted by atomic mass is 9.93. The van der Waals surface area contributed by atoms with Gasteiger partial charge in [0.2, 0.25) is 5.91 Å². The first kappa shape index (κ1) is 14.3. The summed E-state index contributed by atoms with van der Waals surface area (Å²) in [7, 11) is 0. The average molecular weight is 280 g/mol. The van der Waals surface area contributed by atoms with E-state index in [1.807, 2.05) is 0 Å². The standard InChI is InChI=1S/C16H28N2O2/c19-16-12-17(8-6-14-7-11-20-13-14)9-10-18(16)15-4-2-1-3-5-15/h14-15H,1-13H2/t14-/m0/s1. The number of hydrogen-bond acceptors (Lipinski definition) is 3. The maximum Gasteiger partial charge on any atom is 0.237 e. The molecule has 3 fully saturated rings. The van der Waals surface area contributed by atoms with Gasteiger partial charge < -0.3 is 9.64 Å². The third-order valence-electron chi connectivity index (χ3n) is 5.23. The number of carbonyl (C=O) groups is 1. The number of carbonyl (C=O) groups excluding carboxylic acids is 1. The molecule has 1 saturated carbocycles. The average Bonchev–Trinajstić information content (AvgIpc) is 2.99. The third kappa shape index (κ3) is 3.53. The van der Waals surface area contributed by atoms with E-state index in [1.165, 1.54) is 44.9 Å². The maximum atomic E-state index is 12.4. The largest absolute Gasteiger partial charge is 0.381 e. The van der Waals surface area contributed by atoms with Crippen molar-refractivity contribution in [1.29, 1.82) is 0 Å². The zero-order valence-corrected chi connectivity index (χ0v) is 12.6. The molecule has 2 aliphatic heterocycles. The van der Waals surface area contributed by atoms with Crippen molar-refractivity contribution in [1.82, 2.24) is 9.80 Å². The van der Waals surface area contributed by atoms with E-state index < -0.39 is 0 Å². The molecule has 2 saturated heterocycles. The lowest BCUT2D eigenvalue weighted by Crippen LogP contribution is -2.54. The molecule has 0 aromatic carbocycles. The molecule has 3 aliphatic rings. The molecule has 0 spiro atoms. The molecule has 0 radical (unpaired) electrons. The van der Waals surface area contributed by atoms with Crippen LogP contribution in [0.5, 0.6) is 0 Å². The van der Waals surface area contributed by atoms with Crippen LogP contribution in [0, 0.1) is 5.92 Å². The van der Waals surface area contributed by atoms with Crippen LogP contribution < -0.4 is 0 Å². The minimum Gasteiger partial charge on any atom is -0.381 e.